The van der Waals surface area contributed by atoms with E-state index in [1.54, 1.807) is 0 Å². The van der Waals surface area contributed by atoms with Crippen molar-refractivity contribution in [3.8, 4) is 0 Å². The molecule has 1 aliphatic heterocycles. The van der Waals surface area contributed by atoms with Crippen LogP contribution in [0, 0.1) is 5.92 Å². The second kappa shape index (κ2) is 6.17. The van der Waals surface area contributed by atoms with E-state index in [1.165, 1.54) is 49.9 Å². The minimum absolute atomic E-state index is 0.552. The third-order valence-corrected chi connectivity index (χ3v) is 4.98. The lowest BCUT2D eigenvalue weighted by Gasteiger charge is -2.39. The third-order valence-electron chi connectivity index (χ3n) is 4.98. The second-order valence-electron chi connectivity index (χ2n) is 6.80. The number of fused-ring (bicyclic) bond motifs is 1. The fourth-order valence-electron chi connectivity index (χ4n) is 3.90. The molecule has 0 bridgehead atoms. The highest BCUT2D eigenvalue weighted by Crippen LogP contribution is 2.39. The van der Waals surface area contributed by atoms with Gasteiger partial charge in [-0.05, 0) is 49.3 Å². The summed E-state index contributed by atoms with van der Waals surface area (Å²) in [5, 5.41) is 3.48. The summed E-state index contributed by atoms with van der Waals surface area (Å²) in [5.41, 5.74) is 2.83. The summed E-state index contributed by atoms with van der Waals surface area (Å²) in [4.78, 5) is 2.68. The fraction of sp³-hybridized carbons (Fsp3) is 0.667. The number of nitrogens with one attached hydrogen (secondary N) is 1. The van der Waals surface area contributed by atoms with Gasteiger partial charge in [0.2, 0.25) is 0 Å². The normalized spacial score (nSPS) is 26.1. The molecule has 2 heteroatoms. The predicted molar refractivity (Wildman–Crippen MR) is 86.1 cm³/mol. The lowest BCUT2D eigenvalue weighted by Crippen LogP contribution is -2.42. The van der Waals surface area contributed by atoms with Crippen LogP contribution < -0.4 is 10.2 Å². The molecule has 2 fully saturated rings. The molecule has 2 aliphatic rings. The lowest BCUT2D eigenvalue weighted by molar-refractivity contribution is 0.362. The monoisotopic (exact) mass is 272 g/mol. The van der Waals surface area contributed by atoms with E-state index in [0.717, 1.165) is 18.5 Å². The quantitative estimate of drug-likeness (QED) is 0.892. The third kappa shape index (κ3) is 3.01. The highest BCUT2D eigenvalue weighted by atomic mass is 15.2. The number of nitrogens with zero attached hydrogens (tertiary/aromatic N) is 1. The molecule has 1 saturated heterocycles. The van der Waals surface area contributed by atoms with E-state index in [9.17, 15) is 0 Å². The van der Waals surface area contributed by atoms with Gasteiger partial charge in [0.05, 0.1) is 0 Å². The van der Waals surface area contributed by atoms with Gasteiger partial charge in [0, 0.05) is 30.9 Å². The summed E-state index contributed by atoms with van der Waals surface area (Å²) < 4.78 is 0. The van der Waals surface area contributed by atoms with Gasteiger partial charge in [-0.25, -0.2) is 0 Å². The standard InChI is InChI=1S/C18H28N2/c1-14(2)19-13-15-8-10-17(11-9-15)20-12-4-6-16-5-3-7-18(16)20/h8-11,14,16,18-19H,3-7,12-13H2,1-2H3. The Morgan fingerprint density at radius 1 is 1.10 bits per heavy atom. The van der Waals surface area contributed by atoms with E-state index in [0.29, 0.717) is 6.04 Å². The molecule has 110 valence electrons. The summed E-state index contributed by atoms with van der Waals surface area (Å²) in [6.45, 7) is 6.62. The molecule has 1 heterocycles. The van der Waals surface area contributed by atoms with Crippen LogP contribution in [0.4, 0.5) is 5.69 Å². The number of anilines is 1. The van der Waals surface area contributed by atoms with Crippen LogP contribution in [0.2, 0.25) is 0 Å². The van der Waals surface area contributed by atoms with E-state index < -0.39 is 0 Å². The van der Waals surface area contributed by atoms with Gasteiger partial charge < -0.3 is 10.2 Å². The molecule has 0 spiro atoms. The van der Waals surface area contributed by atoms with Gasteiger partial charge >= 0.3 is 0 Å². The van der Waals surface area contributed by atoms with Crippen LogP contribution in [-0.4, -0.2) is 18.6 Å². The van der Waals surface area contributed by atoms with Crippen LogP contribution in [-0.2, 0) is 6.54 Å². The molecule has 1 aromatic rings. The van der Waals surface area contributed by atoms with Gasteiger partial charge in [0.15, 0.2) is 0 Å². The number of hydrogen-bond acceptors (Lipinski definition) is 2. The molecular formula is C18H28N2. The van der Waals surface area contributed by atoms with Gasteiger partial charge in [-0.1, -0.05) is 32.4 Å². The summed E-state index contributed by atoms with van der Waals surface area (Å²) >= 11 is 0. The molecule has 2 nitrogen and oxygen atoms in total. The predicted octanol–water partition coefficient (Wildman–Crippen LogP) is 3.95. The number of rotatable bonds is 4. The molecule has 0 amide bonds. The summed E-state index contributed by atoms with van der Waals surface area (Å²) in [5.74, 6) is 0.964. The topological polar surface area (TPSA) is 15.3 Å². The molecule has 1 aromatic carbocycles. The first-order valence-corrected chi connectivity index (χ1v) is 8.33. The van der Waals surface area contributed by atoms with Gasteiger partial charge in [-0.3, -0.25) is 0 Å². The molecule has 0 radical (unpaired) electrons. The first-order valence-electron chi connectivity index (χ1n) is 8.33. The summed E-state index contributed by atoms with van der Waals surface area (Å²) in [7, 11) is 0. The van der Waals surface area contributed by atoms with E-state index in [2.05, 4.69) is 48.3 Å². The lowest BCUT2D eigenvalue weighted by atomic mass is 9.91. The molecule has 2 atom stereocenters. The molecule has 0 aromatic heterocycles. The van der Waals surface area contributed by atoms with E-state index in [4.69, 9.17) is 0 Å². The largest absolute Gasteiger partial charge is 0.368 e. The van der Waals surface area contributed by atoms with Gasteiger partial charge in [0.1, 0.15) is 0 Å². The van der Waals surface area contributed by atoms with Gasteiger partial charge in [-0.15, -0.1) is 0 Å². The zero-order valence-corrected chi connectivity index (χ0v) is 12.9. The van der Waals surface area contributed by atoms with Crippen molar-refractivity contribution >= 4 is 5.69 Å². The van der Waals surface area contributed by atoms with Crippen LogP contribution in [0.1, 0.15) is 51.5 Å². The fourth-order valence-corrected chi connectivity index (χ4v) is 3.90. The zero-order chi connectivity index (χ0) is 13.9. The molecule has 1 aliphatic carbocycles. The molecule has 2 unspecified atom stereocenters. The Labute approximate surface area is 123 Å². The number of piperidine rings is 1. The molecular weight excluding hydrogens is 244 g/mol. The van der Waals surface area contributed by atoms with E-state index in [1.807, 2.05) is 0 Å². The van der Waals surface area contributed by atoms with Crippen molar-refractivity contribution in [1.29, 1.82) is 0 Å². The molecule has 1 N–H and O–H groups in total. The van der Waals surface area contributed by atoms with Gasteiger partial charge in [-0.2, -0.15) is 0 Å². The van der Waals surface area contributed by atoms with Crippen molar-refractivity contribution in [3.63, 3.8) is 0 Å². The smallest absolute Gasteiger partial charge is 0.0369 e. The maximum atomic E-state index is 3.48. The van der Waals surface area contributed by atoms with Crippen molar-refractivity contribution in [2.45, 2.75) is 64.6 Å². The number of benzene rings is 1. The van der Waals surface area contributed by atoms with Crippen molar-refractivity contribution in [2.75, 3.05) is 11.4 Å². The average Bonchev–Trinajstić information content (AvgIpc) is 2.94. The Morgan fingerprint density at radius 3 is 2.60 bits per heavy atom. The van der Waals surface area contributed by atoms with Crippen LogP contribution in [0.25, 0.3) is 0 Å². The Balaban J connectivity index is 1.67. The Kier molecular flexibility index (Phi) is 4.30. The van der Waals surface area contributed by atoms with Crippen LogP contribution in [0.15, 0.2) is 24.3 Å². The molecule has 3 rings (SSSR count). The highest BCUT2D eigenvalue weighted by molar-refractivity contribution is 5.49. The van der Waals surface area contributed by atoms with E-state index >= 15 is 0 Å². The second-order valence-corrected chi connectivity index (χ2v) is 6.80. The maximum absolute atomic E-state index is 3.48. The van der Waals surface area contributed by atoms with Crippen molar-refractivity contribution in [2.24, 2.45) is 5.92 Å². The van der Waals surface area contributed by atoms with Crippen LogP contribution in [0.5, 0.6) is 0 Å². The van der Waals surface area contributed by atoms with Crippen molar-refractivity contribution < 1.29 is 0 Å². The highest BCUT2D eigenvalue weighted by Gasteiger charge is 2.34. The summed E-state index contributed by atoms with van der Waals surface area (Å²) in [6, 6.07) is 10.6. The molecule has 1 saturated carbocycles. The SMILES string of the molecule is CC(C)NCc1ccc(N2CCCC3CCCC32)cc1. The summed E-state index contributed by atoms with van der Waals surface area (Å²) in [6.07, 6.45) is 7.12. The first kappa shape index (κ1) is 13.9. The van der Waals surface area contributed by atoms with Gasteiger partial charge in [0.25, 0.3) is 0 Å². The van der Waals surface area contributed by atoms with Crippen LogP contribution in [0.3, 0.4) is 0 Å². The molecule has 20 heavy (non-hydrogen) atoms. The average molecular weight is 272 g/mol. The Morgan fingerprint density at radius 2 is 1.85 bits per heavy atom. The first-order chi connectivity index (χ1) is 9.74. The van der Waals surface area contributed by atoms with Crippen LogP contribution >= 0.6 is 0 Å². The van der Waals surface area contributed by atoms with Crippen molar-refractivity contribution in [1.82, 2.24) is 5.32 Å². The zero-order valence-electron chi connectivity index (χ0n) is 12.9. The Bertz CT molecular complexity index is 424. The maximum Gasteiger partial charge on any atom is 0.0369 e. The minimum atomic E-state index is 0.552. The van der Waals surface area contributed by atoms with E-state index in [-0.39, 0.29) is 0 Å². The van der Waals surface area contributed by atoms with Crippen molar-refractivity contribution in [3.05, 3.63) is 29.8 Å². The minimum Gasteiger partial charge on any atom is -0.368 e. The number of hydrogen-bond donors (Lipinski definition) is 1. The Hall–Kier alpha value is -1.02.